The second-order valence-electron chi connectivity index (χ2n) is 4.57. The fraction of sp³-hybridized carbons (Fsp3) is 0.429. The lowest BCUT2D eigenvalue weighted by atomic mass is 10.1. The van der Waals surface area contributed by atoms with Gasteiger partial charge in [-0.2, -0.15) is 0 Å². The van der Waals surface area contributed by atoms with Crippen molar-refractivity contribution in [1.29, 1.82) is 0 Å². The van der Waals surface area contributed by atoms with Crippen molar-refractivity contribution in [2.45, 2.75) is 13.8 Å². The normalized spacial score (nSPS) is 11.0. The summed E-state index contributed by atoms with van der Waals surface area (Å²) in [5.74, 6) is -0.826. The first-order valence-electron chi connectivity index (χ1n) is 6.75. The van der Waals surface area contributed by atoms with Gasteiger partial charge in [0.05, 0.1) is 24.1 Å². The first-order valence-corrected chi connectivity index (χ1v) is 8.64. The number of carbonyl (C=O) groups excluding carboxylic acids is 2. The van der Waals surface area contributed by atoms with Crippen LogP contribution in [0.25, 0.3) is 0 Å². The van der Waals surface area contributed by atoms with E-state index >= 15 is 0 Å². The van der Waals surface area contributed by atoms with Gasteiger partial charge >= 0.3 is 5.97 Å². The molecular formula is C14H20N2O5S. The Labute approximate surface area is 130 Å². The molecule has 0 heterocycles. The molecule has 0 aliphatic rings. The number of hydrogen-bond donors (Lipinski definition) is 1. The summed E-state index contributed by atoms with van der Waals surface area (Å²) in [6.07, 6.45) is 1.04. The van der Waals surface area contributed by atoms with Gasteiger partial charge in [-0.1, -0.05) is 12.1 Å². The van der Waals surface area contributed by atoms with Gasteiger partial charge in [-0.3, -0.25) is 4.79 Å². The van der Waals surface area contributed by atoms with Crippen LogP contribution < -0.4 is 9.62 Å². The zero-order chi connectivity index (χ0) is 16.8. The van der Waals surface area contributed by atoms with Gasteiger partial charge < -0.3 is 9.64 Å². The molecule has 0 aliphatic carbocycles. The molecule has 0 aliphatic heterocycles. The molecule has 1 rings (SSSR count). The lowest BCUT2D eigenvalue weighted by Crippen LogP contribution is -2.38. The third-order valence-electron chi connectivity index (χ3n) is 2.77. The average Bonchev–Trinajstić information content (AvgIpc) is 2.42. The van der Waals surface area contributed by atoms with Gasteiger partial charge in [0.2, 0.25) is 15.9 Å². The third-order valence-corrected chi connectivity index (χ3v) is 3.50. The van der Waals surface area contributed by atoms with Crippen LogP contribution in [-0.4, -0.2) is 46.2 Å². The van der Waals surface area contributed by atoms with Crippen LogP contribution in [0.1, 0.15) is 24.2 Å². The van der Waals surface area contributed by atoms with E-state index in [2.05, 4.69) is 4.72 Å². The van der Waals surface area contributed by atoms with Crippen LogP contribution in [0.4, 0.5) is 5.69 Å². The lowest BCUT2D eigenvalue weighted by Gasteiger charge is -2.23. The highest BCUT2D eigenvalue weighted by Gasteiger charge is 2.20. The minimum absolute atomic E-state index is 0.0512. The Morgan fingerprint density at radius 3 is 2.45 bits per heavy atom. The fourth-order valence-corrected chi connectivity index (χ4v) is 2.34. The van der Waals surface area contributed by atoms with E-state index in [0.29, 0.717) is 5.69 Å². The molecule has 0 unspecified atom stereocenters. The second kappa shape index (κ2) is 7.90. The quantitative estimate of drug-likeness (QED) is 0.746. The number of sulfonamides is 1. The number of nitrogens with zero attached hydrogens (tertiary/aromatic N) is 1. The summed E-state index contributed by atoms with van der Waals surface area (Å²) in [6.45, 7) is 3.43. The molecule has 7 nitrogen and oxygen atoms in total. The maximum atomic E-state index is 12.0. The molecular weight excluding hydrogens is 308 g/mol. The standard InChI is InChI=1S/C14H20N2O5S/c1-4-21-14(18)12-7-5-6-8-13(12)16(11(2)17)10-9-15-22(3,19)20/h5-8,15H,4,9-10H2,1-3H3. The van der Waals surface area contributed by atoms with Crippen LogP contribution in [0.5, 0.6) is 0 Å². The predicted molar refractivity (Wildman–Crippen MR) is 83.3 cm³/mol. The van der Waals surface area contributed by atoms with Crippen LogP contribution >= 0.6 is 0 Å². The summed E-state index contributed by atoms with van der Waals surface area (Å²) in [6, 6.07) is 6.54. The Bertz CT molecular complexity index is 642. The van der Waals surface area contributed by atoms with Crippen molar-refractivity contribution < 1.29 is 22.7 Å². The first-order chi connectivity index (χ1) is 10.3. The van der Waals surface area contributed by atoms with Crippen LogP contribution in [0.15, 0.2) is 24.3 Å². The molecule has 0 atom stereocenters. The van der Waals surface area contributed by atoms with Crippen LogP contribution in [0.3, 0.4) is 0 Å². The van der Waals surface area contributed by atoms with Gasteiger partial charge in [-0.05, 0) is 19.1 Å². The Balaban J connectivity index is 3.01. The van der Waals surface area contributed by atoms with E-state index in [1.165, 1.54) is 11.8 Å². The molecule has 0 radical (unpaired) electrons. The number of para-hydroxylation sites is 1. The molecule has 1 amide bonds. The Morgan fingerprint density at radius 1 is 1.27 bits per heavy atom. The summed E-state index contributed by atoms with van der Waals surface area (Å²) >= 11 is 0. The summed E-state index contributed by atoms with van der Waals surface area (Å²) in [5, 5.41) is 0. The van der Waals surface area contributed by atoms with E-state index in [9.17, 15) is 18.0 Å². The second-order valence-corrected chi connectivity index (χ2v) is 6.41. The van der Waals surface area contributed by atoms with Crippen molar-refractivity contribution in [2.75, 3.05) is 30.9 Å². The number of hydrogen-bond acceptors (Lipinski definition) is 5. The van der Waals surface area contributed by atoms with E-state index in [-0.39, 0.29) is 31.2 Å². The molecule has 0 aromatic heterocycles. The maximum absolute atomic E-state index is 12.0. The lowest BCUT2D eigenvalue weighted by molar-refractivity contribution is -0.116. The van der Waals surface area contributed by atoms with Gasteiger partial charge in [0.15, 0.2) is 0 Å². The average molecular weight is 328 g/mol. The van der Waals surface area contributed by atoms with E-state index in [1.54, 1.807) is 31.2 Å². The molecule has 0 bridgehead atoms. The summed E-state index contributed by atoms with van der Waals surface area (Å²) in [4.78, 5) is 25.1. The number of ether oxygens (including phenoxy) is 1. The number of rotatable bonds is 7. The molecule has 8 heteroatoms. The number of esters is 1. The fourth-order valence-electron chi connectivity index (χ4n) is 1.88. The van der Waals surface area contributed by atoms with Crippen molar-refractivity contribution in [3.63, 3.8) is 0 Å². The van der Waals surface area contributed by atoms with Gasteiger partial charge in [-0.15, -0.1) is 0 Å². The highest BCUT2D eigenvalue weighted by Crippen LogP contribution is 2.21. The van der Waals surface area contributed by atoms with Crippen LogP contribution in [0, 0.1) is 0 Å². The van der Waals surface area contributed by atoms with Crippen LogP contribution in [0.2, 0.25) is 0 Å². The molecule has 22 heavy (non-hydrogen) atoms. The molecule has 0 fully saturated rings. The molecule has 0 spiro atoms. The van der Waals surface area contributed by atoms with Crippen LogP contribution in [-0.2, 0) is 19.6 Å². The molecule has 1 N–H and O–H groups in total. The molecule has 122 valence electrons. The minimum Gasteiger partial charge on any atom is -0.462 e. The Kier molecular flexibility index (Phi) is 6.51. The molecule has 1 aromatic rings. The van der Waals surface area contributed by atoms with Crippen molar-refractivity contribution in [3.05, 3.63) is 29.8 Å². The Morgan fingerprint density at radius 2 is 1.91 bits per heavy atom. The number of anilines is 1. The van der Waals surface area contributed by atoms with E-state index in [0.717, 1.165) is 6.26 Å². The molecule has 0 saturated carbocycles. The predicted octanol–water partition coefficient (Wildman–Crippen LogP) is 0.765. The topological polar surface area (TPSA) is 92.8 Å². The zero-order valence-corrected chi connectivity index (χ0v) is 13.6. The SMILES string of the molecule is CCOC(=O)c1ccccc1N(CCNS(C)(=O)=O)C(C)=O. The van der Waals surface area contributed by atoms with Gasteiger partial charge in [0.25, 0.3) is 0 Å². The van der Waals surface area contributed by atoms with Crippen molar-refractivity contribution in [1.82, 2.24) is 4.72 Å². The molecule has 1 aromatic carbocycles. The number of benzene rings is 1. The number of nitrogens with one attached hydrogen (secondary N) is 1. The van der Waals surface area contributed by atoms with E-state index in [1.807, 2.05) is 0 Å². The van der Waals surface area contributed by atoms with Gasteiger partial charge in [-0.25, -0.2) is 17.9 Å². The van der Waals surface area contributed by atoms with Crippen molar-refractivity contribution >= 4 is 27.6 Å². The summed E-state index contributed by atoms with van der Waals surface area (Å²) in [5.41, 5.74) is 0.655. The number of carbonyl (C=O) groups is 2. The van der Waals surface area contributed by atoms with E-state index < -0.39 is 16.0 Å². The van der Waals surface area contributed by atoms with Crippen molar-refractivity contribution in [2.24, 2.45) is 0 Å². The van der Waals surface area contributed by atoms with Crippen molar-refractivity contribution in [3.8, 4) is 0 Å². The smallest absolute Gasteiger partial charge is 0.340 e. The third kappa shape index (κ3) is 5.45. The zero-order valence-electron chi connectivity index (χ0n) is 12.8. The molecule has 0 saturated heterocycles. The Hall–Kier alpha value is -1.93. The van der Waals surface area contributed by atoms with Gasteiger partial charge in [0.1, 0.15) is 0 Å². The summed E-state index contributed by atoms with van der Waals surface area (Å²) in [7, 11) is -3.34. The van der Waals surface area contributed by atoms with E-state index in [4.69, 9.17) is 4.74 Å². The highest BCUT2D eigenvalue weighted by molar-refractivity contribution is 7.88. The maximum Gasteiger partial charge on any atom is 0.340 e. The first kappa shape index (κ1) is 18.1. The highest BCUT2D eigenvalue weighted by atomic mass is 32.2. The monoisotopic (exact) mass is 328 g/mol. The summed E-state index contributed by atoms with van der Waals surface area (Å²) < 4.78 is 29.5. The largest absolute Gasteiger partial charge is 0.462 e. The number of amides is 1. The van der Waals surface area contributed by atoms with Gasteiger partial charge in [0, 0.05) is 20.0 Å². The minimum atomic E-state index is -3.34.